The molecule has 0 aliphatic heterocycles. The number of benzene rings is 2. The Hall–Kier alpha value is -2.81. The minimum Gasteiger partial charge on any atom is -0.464 e. The van der Waals surface area contributed by atoms with Crippen molar-refractivity contribution in [3.63, 3.8) is 0 Å². The molecule has 1 aromatic heterocycles. The van der Waals surface area contributed by atoms with Gasteiger partial charge in [0.15, 0.2) is 0 Å². The third-order valence-electron chi connectivity index (χ3n) is 3.49. The highest BCUT2D eigenvalue weighted by Gasteiger charge is 2.09. The van der Waals surface area contributed by atoms with Crippen LogP contribution in [0.1, 0.15) is 24.2 Å². The van der Waals surface area contributed by atoms with E-state index < -0.39 is 0 Å². The van der Waals surface area contributed by atoms with E-state index >= 15 is 0 Å². The second-order valence-corrected chi connectivity index (χ2v) is 5.59. The van der Waals surface area contributed by atoms with Crippen molar-refractivity contribution in [3.05, 3.63) is 72.5 Å². The van der Waals surface area contributed by atoms with Crippen molar-refractivity contribution < 1.29 is 13.9 Å². The maximum atomic E-state index is 11.8. The monoisotopic (exact) mass is 306 g/mol. The zero-order valence-corrected chi connectivity index (χ0v) is 13.2. The number of ether oxygens (including phenoxy) is 1. The summed E-state index contributed by atoms with van der Waals surface area (Å²) < 4.78 is 10.6. The number of carbonyl (C=O) groups excluding carboxylic acids is 1. The molecule has 0 bridgehead atoms. The van der Waals surface area contributed by atoms with Crippen molar-refractivity contribution in [1.82, 2.24) is 0 Å². The lowest BCUT2D eigenvalue weighted by Gasteiger charge is -2.08. The van der Waals surface area contributed by atoms with Gasteiger partial charge in [-0.25, -0.2) is 4.79 Å². The van der Waals surface area contributed by atoms with Gasteiger partial charge in [0.05, 0.1) is 17.9 Å². The Morgan fingerprint density at radius 1 is 0.870 bits per heavy atom. The van der Waals surface area contributed by atoms with E-state index in [-0.39, 0.29) is 12.1 Å². The highest BCUT2D eigenvalue weighted by Crippen LogP contribution is 2.25. The van der Waals surface area contributed by atoms with Gasteiger partial charge < -0.3 is 9.15 Å². The molecule has 0 spiro atoms. The molecule has 1 heterocycles. The smallest absolute Gasteiger partial charge is 0.338 e. The van der Waals surface area contributed by atoms with Crippen LogP contribution >= 0.6 is 0 Å². The number of carbonyl (C=O) groups is 1. The van der Waals surface area contributed by atoms with Crippen molar-refractivity contribution in [1.29, 1.82) is 0 Å². The first kappa shape index (κ1) is 15.1. The fourth-order valence-electron chi connectivity index (χ4n) is 2.35. The lowest BCUT2D eigenvalue weighted by atomic mass is 10.0. The fourth-order valence-corrected chi connectivity index (χ4v) is 2.35. The van der Waals surface area contributed by atoms with Crippen LogP contribution in [-0.4, -0.2) is 12.1 Å². The molecule has 23 heavy (non-hydrogen) atoms. The summed E-state index contributed by atoms with van der Waals surface area (Å²) in [4.78, 5) is 11.8. The van der Waals surface area contributed by atoms with E-state index in [0.29, 0.717) is 5.56 Å². The first-order chi connectivity index (χ1) is 11.1. The molecule has 0 aliphatic rings. The molecule has 3 heteroatoms. The Morgan fingerprint density at radius 2 is 1.43 bits per heavy atom. The van der Waals surface area contributed by atoms with Crippen molar-refractivity contribution in [3.8, 4) is 22.5 Å². The van der Waals surface area contributed by atoms with Crippen LogP contribution in [0.2, 0.25) is 0 Å². The Bertz CT molecular complexity index is 767. The molecule has 2 aromatic carbocycles. The lowest BCUT2D eigenvalue weighted by molar-refractivity contribution is 0.0378. The van der Waals surface area contributed by atoms with E-state index in [2.05, 4.69) is 0 Å². The van der Waals surface area contributed by atoms with E-state index in [9.17, 15) is 4.79 Å². The molecule has 0 fully saturated rings. The van der Waals surface area contributed by atoms with Gasteiger partial charge in [-0.05, 0) is 49.2 Å². The summed E-state index contributed by atoms with van der Waals surface area (Å²) in [5.41, 5.74) is 3.74. The van der Waals surface area contributed by atoms with E-state index in [1.54, 1.807) is 18.4 Å². The Labute approximate surface area is 135 Å². The van der Waals surface area contributed by atoms with Crippen LogP contribution in [0.15, 0.2) is 71.3 Å². The zero-order valence-electron chi connectivity index (χ0n) is 13.2. The van der Waals surface area contributed by atoms with Gasteiger partial charge in [0.2, 0.25) is 0 Å². The molecule has 3 nitrogen and oxygen atoms in total. The van der Waals surface area contributed by atoms with Crippen LogP contribution in [0, 0.1) is 0 Å². The standard InChI is InChI=1S/C20H18O3/c1-14(2)23-20(21)18-11-7-16(8-12-18)15-5-9-17(10-6-15)19-4-3-13-22-19/h3-14H,1-2H3. The van der Waals surface area contributed by atoms with Crippen LogP contribution in [0.4, 0.5) is 0 Å². The summed E-state index contributed by atoms with van der Waals surface area (Å²) in [6.07, 6.45) is 1.55. The second kappa shape index (κ2) is 6.53. The predicted octanol–water partition coefficient (Wildman–Crippen LogP) is 5.18. The number of hydrogen-bond donors (Lipinski definition) is 0. The van der Waals surface area contributed by atoms with Gasteiger partial charge in [-0.1, -0.05) is 36.4 Å². The number of furan rings is 1. The number of rotatable bonds is 4. The molecule has 0 amide bonds. The van der Waals surface area contributed by atoms with Crippen LogP contribution < -0.4 is 0 Å². The summed E-state index contributed by atoms with van der Waals surface area (Å²) in [5, 5.41) is 0. The molecule has 0 saturated heterocycles. The highest BCUT2D eigenvalue weighted by molar-refractivity contribution is 5.90. The molecule has 3 rings (SSSR count). The van der Waals surface area contributed by atoms with Crippen LogP contribution in [0.3, 0.4) is 0 Å². The Kier molecular flexibility index (Phi) is 4.29. The van der Waals surface area contributed by atoms with Gasteiger partial charge in [0.1, 0.15) is 5.76 Å². The van der Waals surface area contributed by atoms with Crippen molar-refractivity contribution in [2.45, 2.75) is 20.0 Å². The second-order valence-electron chi connectivity index (χ2n) is 5.59. The number of esters is 1. The van der Waals surface area contributed by atoms with Gasteiger partial charge >= 0.3 is 5.97 Å². The molecule has 0 unspecified atom stereocenters. The minimum absolute atomic E-state index is 0.115. The summed E-state index contributed by atoms with van der Waals surface area (Å²) in [5.74, 6) is 0.558. The first-order valence-electron chi connectivity index (χ1n) is 7.59. The van der Waals surface area contributed by atoms with Gasteiger partial charge in [-0.15, -0.1) is 0 Å². The SMILES string of the molecule is CC(C)OC(=O)c1ccc(-c2ccc(-c3ccco3)cc2)cc1. The molecular weight excluding hydrogens is 288 g/mol. The van der Waals surface area contributed by atoms with Crippen LogP contribution in [-0.2, 0) is 4.74 Å². The quantitative estimate of drug-likeness (QED) is 0.623. The summed E-state index contributed by atoms with van der Waals surface area (Å²) >= 11 is 0. The highest BCUT2D eigenvalue weighted by atomic mass is 16.5. The maximum Gasteiger partial charge on any atom is 0.338 e. The molecule has 116 valence electrons. The van der Waals surface area contributed by atoms with Gasteiger partial charge in [0.25, 0.3) is 0 Å². The van der Waals surface area contributed by atoms with Gasteiger partial charge in [-0.2, -0.15) is 0 Å². The van der Waals surface area contributed by atoms with E-state index in [1.165, 1.54) is 0 Å². The molecule has 0 saturated carbocycles. The van der Waals surface area contributed by atoms with Crippen molar-refractivity contribution in [2.75, 3.05) is 0 Å². The van der Waals surface area contributed by atoms with Crippen LogP contribution in [0.5, 0.6) is 0 Å². The molecule has 0 N–H and O–H groups in total. The zero-order chi connectivity index (χ0) is 16.2. The average Bonchev–Trinajstić information content (AvgIpc) is 3.09. The number of hydrogen-bond acceptors (Lipinski definition) is 3. The lowest BCUT2D eigenvalue weighted by Crippen LogP contribution is -2.11. The normalized spacial score (nSPS) is 10.7. The van der Waals surface area contributed by atoms with Crippen molar-refractivity contribution in [2.24, 2.45) is 0 Å². The molecule has 3 aromatic rings. The average molecular weight is 306 g/mol. The van der Waals surface area contributed by atoms with Gasteiger partial charge in [-0.3, -0.25) is 0 Å². The largest absolute Gasteiger partial charge is 0.464 e. The molecular formula is C20H18O3. The van der Waals surface area contributed by atoms with Crippen molar-refractivity contribution >= 4 is 5.97 Å². The van der Waals surface area contributed by atoms with E-state index in [1.807, 2.05) is 62.4 Å². The summed E-state index contributed by atoms with van der Waals surface area (Å²) in [6.45, 7) is 3.68. The topological polar surface area (TPSA) is 39.4 Å². The summed E-state index contributed by atoms with van der Waals surface area (Å²) in [6, 6.07) is 19.4. The van der Waals surface area contributed by atoms with Crippen LogP contribution in [0.25, 0.3) is 22.5 Å². The molecule has 0 radical (unpaired) electrons. The third-order valence-corrected chi connectivity index (χ3v) is 3.49. The molecule has 0 aliphatic carbocycles. The Balaban J connectivity index is 1.78. The molecule has 0 atom stereocenters. The summed E-state index contributed by atoms with van der Waals surface area (Å²) in [7, 11) is 0. The van der Waals surface area contributed by atoms with Gasteiger partial charge in [0, 0.05) is 5.56 Å². The third kappa shape index (κ3) is 3.51. The predicted molar refractivity (Wildman–Crippen MR) is 90.1 cm³/mol. The van der Waals surface area contributed by atoms with E-state index in [0.717, 1.165) is 22.5 Å². The minimum atomic E-state index is -0.292. The first-order valence-corrected chi connectivity index (χ1v) is 7.59. The fraction of sp³-hybridized carbons (Fsp3) is 0.150. The maximum absolute atomic E-state index is 11.8. The van der Waals surface area contributed by atoms with E-state index in [4.69, 9.17) is 9.15 Å². The Morgan fingerprint density at radius 3 is 1.96 bits per heavy atom.